The number of ether oxygens (including phenoxy) is 1. The number of carbonyl (C=O) groups is 1. The van der Waals surface area contributed by atoms with Gasteiger partial charge in [-0.2, -0.15) is 4.31 Å². The van der Waals surface area contributed by atoms with Crippen LogP contribution in [-0.2, 0) is 14.8 Å². The Bertz CT molecular complexity index is 1170. The van der Waals surface area contributed by atoms with Crippen molar-refractivity contribution in [1.82, 2.24) is 4.31 Å². The number of benzene rings is 3. The number of hydrogen-bond donors (Lipinski definition) is 1. The smallest absolute Gasteiger partial charge is 0.243 e. The molecule has 3 aromatic rings. The average Bonchev–Trinajstić information content (AvgIpc) is 2.80. The Balaban J connectivity index is 1.49. The van der Waals surface area contributed by atoms with E-state index in [2.05, 4.69) is 5.32 Å². The van der Waals surface area contributed by atoms with Crippen LogP contribution in [-0.4, -0.2) is 38.3 Å². The average molecular weight is 439 g/mol. The number of sulfonamides is 1. The van der Waals surface area contributed by atoms with Crippen molar-refractivity contribution in [2.75, 3.05) is 25.0 Å². The number of piperidine rings is 1. The van der Waals surface area contributed by atoms with Crippen molar-refractivity contribution in [3.05, 3.63) is 66.7 Å². The van der Waals surface area contributed by atoms with Crippen molar-refractivity contribution >= 4 is 32.4 Å². The van der Waals surface area contributed by atoms with Crippen molar-refractivity contribution in [3.63, 3.8) is 0 Å². The Kier molecular flexibility index (Phi) is 6.25. The Labute approximate surface area is 182 Å². The molecule has 1 atom stereocenters. The van der Waals surface area contributed by atoms with Crippen LogP contribution in [0.2, 0.25) is 0 Å². The van der Waals surface area contributed by atoms with E-state index in [1.54, 1.807) is 24.3 Å². The van der Waals surface area contributed by atoms with Crippen LogP contribution in [0.15, 0.2) is 71.6 Å². The number of hydrogen-bond acceptors (Lipinski definition) is 4. The lowest BCUT2D eigenvalue weighted by Crippen LogP contribution is -2.43. The summed E-state index contributed by atoms with van der Waals surface area (Å²) in [6.45, 7) is 2.98. The first-order valence-corrected chi connectivity index (χ1v) is 11.9. The van der Waals surface area contributed by atoms with Gasteiger partial charge >= 0.3 is 0 Å². The van der Waals surface area contributed by atoms with Gasteiger partial charge in [-0.25, -0.2) is 8.42 Å². The number of nitrogens with one attached hydrogen (secondary N) is 1. The number of carbonyl (C=O) groups excluding carboxylic acids is 1. The Morgan fingerprint density at radius 3 is 2.58 bits per heavy atom. The van der Waals surface area contributed by atoms with Crippen molar-refractivity contribution < 1.29 is 17.9 Å². The van der Waals surface area contributed by atoms with Crippen LogP contribution in [0.3, 0.4) is 0 Å². The third-order valence-electron chi connectivity index (χ3n) is 5.57. The summed E-state index contributed by atoms with van der Waals surface area (Å²) in [5, 5.41) is 5.02. The van der Waals surface area contributed by atoms with E-state index in [-0.39, 0.29) is 17.3 Å². The second-order valence-electron chi connectivity index (χ2n) is 7.62. The molecule has 1 amide bonds. The topological polar surface area (TPSA) is 75.7 Å². The Morgan fingerprint density at radius 1 is 1.06 bits per heavy atom. The van der Waals surface area contributed by atoms with Gasteiger partial charge in [-0.3, -0.25) is 4.79 Å². The van der Waals surface area contributed by atoms with Crippen LogP contribution in [0.4, 0.5) is 5.69 Å². The highest BCUT2D eigenvalue weighted by molar-refractivity contribution is 7.89. The fourth-order valence-corrected chi connectivity index (χ4v) is 5.49. The third-order valence-corrected chi connectivity index (χ3v) is 7.45. The quantitative estimate of drug-likeness (QED) is 0.623. The van der Waals surface area contributed by atoms with Gasteiger partial charge in [0.05, 0.1) is 17.4 Å². The standard InChI is InChI=1S/C24H26N2O4S/c1-2-30-20-12-14-21(15-13-20)31(28,29)26-16-6-9-19(17-26)24(27)25-23-11-5-8-18-7-3-4-10-22(18)23/h3-5,7-8,10-15,19H,2,6,9,16-17H2,1H3,(H,25,27)/t19-/m1/s1. The highest BCUT2D eigenvalue weighted by atomic mass is 32.2. The summed E-state index contributed by atoms with van der Waals surface area (Å²) in [6, 6.07) is 20.1. The molecule has 6 nitrogen and oxygen atoms in total. The maximum Gasteiger partial charge on any atom is 0.243 e. The largest absolute Gasteiger partial charge is 0.494 e. The number of rotatable bonds is 6. The van der Waals surface area contributed by atoms with E-state index < -0.39 is 15.9 Å². The molecule has 1 aliphatic rings. The van der Waals surface area contributed by atoms with Gasteiger partial charge < -0.3 is 10.1 Å². The van der Waals surface area contributed by atoms with Crippen LogP contribution >= 0.6 is 0 Å². The van der Waals surface area contributed by atoms with Crippen molar-refractivity contribution in [2.45, 2.75) is 24.7 Å². The minimum atomic E-state index is -3.67. The van der Waals surface area contributed by atoms with Crippen molar-refractivity contribution in [2.24, 2.45) is 5.92 Å². The van der Waals surface area contributed by atoms with Crippen LogP contribution in [0, 0.1) is 5.92 Å². The molecule has 1 aliphatic heterocycles. The summed E-state index contributed by atoms with van der Waals surface area (Å²) in [6.07, 6.45) is 1.30. The number of amides is 1. The van der Waals surface area contributed by atoms with Gasteiger partial charge in [0, 0.05) is 24.2 Å². The Morgan fingerprint density at radius 2 is 1.81 bits per heavy atom. The first-order valence-electron chi connectivity index (χ1n) is 10.5. The Hall–Kier alpha value is -2.90. The molecule has 31 heavy (non-hydrogen) atoms. The van der Waals surface area contributed by atoms with Gasteiger partial charge in [-0.05, 0) is 55.5 Å². The molecule has 0 aliphatic carbocycles. The zero-order valence-corrected chi connectivity index (χ0v) is 18.3. The molecule has 1 fully saturated rings. The zero-order valence-electron chi connectivity index (χ0n) is 17.5. The van der Waals surface area contributed by atoms with Crippen molar-refractivity contribution in [3.8, 4) is 5.75 Å². The molecule has 162 valence electrons. The van der Waals surface area contributed by atoms with E-state index in [0.717, 1.165) is 16.5 Å². The van der Waals surface area contributed by atoms with Gasteiger partial charge in [-0.1, -0.05) is 36.4 Å². The molecule has 0 aromatic heterocycles. The second kappa shape index (κ2) is 9.08. The molecule has 3 aromatic carbocycles. The highest BCUT2D eigenvalue weighted by Gasteiger charge is 2.33. The molecule has 0 bridgehead atoms. The van der Waals surface area contributed by atoms with E-state index in [4.69, 9.17) is 4.74 Å². The first-order chi connectivity index (χ1) is 15.0. The summed E-state index contributed by atoms with van der Waals surface area (Å²) in [7, 11) is -3.67. The van der Waals surface area contributed by atoms with E-state index >= 15 is 0 Å². The van der Waals surface area contributed by atoms with Gasteiger partial charge in [0.2, 0.25) is 15.9 Å². The summed E-state index contributed by atoms with van der Waals surface area (Å²) >= 11 is 0. The lowest BCUT2D eigenvalue weighted by atomic mass is 9.98. The predicted octanol–water partition coefficient (Wildman–Crippen LogP) is 4.28. The molecule has 0 unspecified atom stereocenters. The van der Waals surface area contributed by atoms with Crippen LogP contribution in [0.5, 0.6) is 5.75 Å². The van der Waals surface area contributed by atoms with E-state index in [1.165, 1.54) is 4.31 Å². The summed E-state index contributed by atoms with van der Waals surface area (Å²) < 4.78 is 33.0. The molecule has 0 spiro atoms. The van der Waals surface area contributed by atoms with Crippen molar-refractivity contribution in [1.29, 1.82) is 0 Å². The molecular weight excluding hydrogens is 412 g/mol. The fraction of sp³-hybridized carbons (Fsp3) is 0.292. The zero-order chi connectivity index (χ0) is 21.8. The molecular formula is C24H26N2O4S. The molecule has 1 N–H and O–H groups in total. The molecule has 7 heteroatoms. The predicted molar refractivity (Wildman–Crippen MR) is 122 cm³/mol. The van der Waals surface area contributed by atoms with Crippen LogP contribution in [0.1, 0.15) is 19.8 Å². The molecule has 0 saturated carbocycles. The third kappa shape index (κ3) is 4.57. The summed E-state index contributed by atoms with van der Waals surface area (Å²) in [5.74, 6) is 0.0839. The van der Waals surface area contributed by atoms with Gasteiger partial charge in [0.1, 0.15) is 5.75 Å². The summed E-state index contributed by atoms with van der Waals surface area (Å²) in [5.41, 5.74) is 0.745. The monoisotopic (exact) mass is 438 g/mol. The van der Waals surface area contributed by atoms with Gasteiger partial charge in [0.25, 0.3) is 0 Å². The molecule has 4 rings (SSSR count). The van der Waals surface area contributed by atoms with Crippen LogP contribution in [0.25, 0.3) is 10.8 Å². The van der Waals surface area contributed by atoms with Gasteiger partial charge in [-0.15, -0.1) is 0 Å². The molecule has 0 radical (unpaired) electrons. The molecule has 1 saturated heterocycles. The summed E-state index contributed by atoms with van der Waals surface area (Å²) in [4.78, 5) is 13.2. The minimum absolute atomic E-state index is 0.150. The second-order valence-corrected chi connectivity index (χ2v) is 9.56. The minimum Gasteiger partial charge on any atom is -0.494 e. The molecule has 1 heterocycles. The number of fused-ring (bicyclic) bond motifs is 1. The lowest BCUT2D eigenvalue weighted by molar-refractivity contribution is -0.120. The lowest BCUT2D eigenvalue weighted by Gasteiger charge is -2.31. The van der Waals surface area contributed by atoms with E-state index in [9.17, 15) is 13.2 Å². The number of nitrogens with zero attached hydrogens (tertiary/aromatic N) is 1. The number of anilines is 1. The SMILES string of the molecule is CCOc1ccc(S(=O)(=O)N2CCC[C@@H](C(=O)Nc3cccc4ccccc34)C2)cc1. The van der Waals surface area contributed by atoms with Gasteiger partial charge in [0.15, 0.2) is 0 Å². The van der Waals surface area contributed by atoms with E-state index in [1.807, 2.05) is 49.4 Å². The highest BCUT2D eigenvalue weighted by Crippen LogP contribution is 2.28. The first kappa shape index (κ1) is 21.3. The maximum absolute atomic E-state index is 13.1. The maximum atomic E-state index is 13.1. The fourth-order valence-electron chi connectivity index (χ4n) is 3.97. The van der Waals surface area contributed by atoms with Crippen LogP contribution < -0.4 is 10.1 Å². The van der Waals surface area contributed by atoms with E-state index in [0.29, 0.717) is 31.7 Å². The normalized spacial score (nSPS) is 17.4.